The molecule has 170 valence electrons. The highest BCUT2D eigenvalue weighted by atomic mass is 16.5. The number of carbonyl (C=O) groups is 2. The van der Waals surface area contributed by atoms with Gasteiger partial charge in [-0.05, 0) is 37.1 Å². The second-order valence-electron chi connectivity index (χ2n) is 8.75. The van der Waals surface area contributed by atoms with Gasteiger partial charge < -0.3 is 15.0 Å². The predicted octanol–water partition coefficient (Wildman–Crippen LogP) is 2.94. The number of nitrogens with one attached hydrogen (secondary N) is 1. The SMILES string of the molecule is COc1ccccc1[C@@H]1CN(C(=O)c2ccc(-n3cccn3)nc2)C[C@]12CCCCC(=O)N2. The molecular formula is C25H27N5O3. The molecule has 0 saturated carbocycles. The minimum atomic E-state index is -0.514. The van der Waals surface area contributed by atoms with Gasteiger partial charge in [0, 0.05) is 49.6 Å². The maximum Gasteiger partial charge on any atom is 0.255 e. The van der Waals surface area contributed by atoms with E-state index in [4.69, 9.17) is 4.74 Å². The number of ether oxygens (including phenoxy) is 1. The lowest BCUT2D eigenvalue weighted by atomic mass is 9.78. The van der Waals surface area contributed by atoms with Crippen molar-refractivity contribution in [3.05, 3.63) is 72.2 Å². The van der Waals surface area contributed by atoms with Gasteiger partial charge in [0.05, 0.1) is 18.2 Å². The standard InChI is InChI=1S/C25H27N5O3/c1-33-21-8-3-2-7-19(21)20-16-29(17-25(20)12-5-4-9-23(31)28-25)24(32)18-10-11-22(26-15-18)30-14-6-13-27-30/h2-3,6-8,10-11,13-15,20H,4-5,9,12,16-17H2,1H3,(H,28,31)/t20-,25+/m0/s1. The van der Waals surface area contributed by atoms with Gasteiger partial charge in [0.25, 0.3) is 5.91 Å². The number of para-hydroxylation sites is 1. The van der Waals surface area contributed by atoms with Gasteiger partial charge in [0.2, 0.25) is 5.91 Å². The topological polar surface area (TPSA) is 89.3 Å². The molecule has 2 fully saturated rings. The Balaban J connectivity index is 1.46. The van der Waals surface area contributed by atoms with Crippen LogP contribution in [0.25, 0.3) is 5.82 Å². The first kappa shape index (κ1) is 21.2. The third-order valence-corrected chi connectivity index (χ3v) is 6.74. The maximum absolute atomic E-state index is 13.5. The van der Waals surface area contributed by atoms with Crippen LogP contribution in [0.15, 0.2) is 61.1 Å². The number of carbonyl (C=O) groups excluding carboxylic acids is 2. The van der Waals surface area contributed by atoms with E-state index in [0.717, 1.165) is 30.6 Å². The molecule has 2 saturated heterocycles. The molecule has 0 radical (unpaired) electrons. The number of hydrogen-bond donors (Lipinski definition) is 1. The van der Waals surface area contributed by atoms with Crippen molar-refractivity contribution < 1.29 is 14.3 Å². The average molecular weight is 446 g/mol. The third kappa shape index (κ3) is 3.97. The summed E-state index contributed by atoms with van der Waals surface area (Å²) < 4.78 is 7.30. The molecule has 2 atom stereocenters. The largest absolute Gasteiger partial charge is 0.496 e. The van der Waals surface area contributed by atoms with Crippen LogP contribution in [0.2, 0.25) is 0 Å². The average Bonchev–Trinajstić information content (AvgIpc) is 3.46. The highest BCUT2D eigenvalue weighted by Gasteiger charge is 2.50. The number of aromatic nitrogens is 3. The lowest BCUT2D eigenvalue weighted by molar-refractivity contribution is -0.122. The first-order valence-electron chi connectivity index (χ1n) is 11.3. The molecule has 1 aromatic carbocycles. The summed E-state index contributed by atoms with van der Waals surface area (Å²) in [5.74, 6) is 1.32. The van der Waals surface area contributed by atoms with Gasteiger partial charge in [-0.2, -0.15) is 5.10 Å². The molecule has 0 unspecified atom stereocenters. The van der Waals surface area contributed by atoms with E-state index in [1.807, 2.05) is 35.2 Å². The Morgan fingerprint density at radius 1 is 1.18 bits per heavy atom. The Hall–Kier alpha value is -3.68. The molecule has 0 bridgehead atoms. The van der Waals surface area contributed by atoms with Gasteiger partial charge in [0.15, 0.2) is 5.82 Å². The fourth-order valence-electron chi connectivity index (χ4n) is 5.16. The summed E-state index contributed by atoms with van der Waals surface area (Å²) in [6, 6.07) is 13.3. The smallest absolute Gasteiger partial charge is 0.255 e. The lowest BCUT2D eigenvalue weighted by Crippen LogP contribution is -2.52. The van der Waals surface area contributed by atoms with Crippen LogP contribution in [0.4, 0.5) is 0 Å². The Kier molecular flexibility index (Phi) is 5.58. The molecule has 2 aliphatic rings. The molecule has 33 heavy (non-hydrogen) atoms. The fourth-order valence-corrected chi connectivity index (χ4v) is 5.16. The lowest BCUT2D eigenvalue weighted by Gasteiger charge is -2.35. The summed E-state index contributed by atoms with van der Waals surface area (Å²) in [5.41, 5.74) is 1.02. The maximum atomic E-state index is 13.5. The quantitative estimate of drug-likeness (QED) is 0.667. The van der Waals surface area contributed by atoms with Crippen molar-refractivity contribution in [2.24, 2.45) is 0 Å². The third-order valence-electron chi connectivity index (χ3n) is 6.74. The van der Waals surface area contributed by atoms with E-state index in [9.17, 15) is 9.59 Å². The number of rotatable bonds is 4. The van der Waals surface area contributed by atoms with Gasteiger partial charge in [-0.25, -0.2) is 9.67 Å². The molecule has 3 aromatic rings. The van der Waals surface area contributed by atoms with Crippen LogP contribution in [0.1, 0.15) is 47.5 Å². The van der Waals surface area contributed by atoms with Gasteiger partial charge in [-0.3, -0.25) is 9.59 Å². The van der Waals surface area contributed by atoms with Crippen LogP contribution in [-0.4, -0.2) is 57.2 Å². The van der Waals surface area contributed by atoms with Gasteiger partial charge in [-0.15, -0.1) is 0 Å². The molecular weight excluding hydrogens is 418 g/mol. The molecule has 8 nitrogen and oxygen atoms in total. The van der Waals surface area contributed by atoms with Gasteiger partial charge in [-0.1, -0.05) is 24.6 Å². The number of benzene rings is 1. The zero-order valence-corrected chi connectivity index (χ0v) is 18.6. The second-order valence-corrected chi connectivity index (χ2v) is 8.75. The van der Waals surface area contributed by atoms with Crippen LogP contribution < -0.4 is 10.1 Å². The molecule has 2 aliphatic heterocycles. The van der Waals surface area contributed by atoms with Crippen molar-refractivity contribution in [2.45, 2.75) is 37.1 Å². The predicted molar refractivity (Wildman–Crippen MR) is 122 cm³/mol. The summed E-state index contributed by atoms with van der Waals surface area (Å²) in [5, 5.41) is 7.48. The molecule has 1 N–H and O–H groups in total. The first-order valence-corrected chi connectivity index (χ1v) is 11.3. The number of amides is 2. The van der Waals surface area contributed by atoms with Crippen LogP contribution in [-0.2, 0) is 4.79 Å². The van der Waals surface area contributed by atoms with E-state index in [2.05, 4.69) is 15.4 Å². The number of nitrogens with zero attached hydrogens (tertiary/aromatic N) is 4. The van der Waals surface area contributed by atoms with Crippen LogP contribution in [0, 0.1) is 0 Å². The highest BCUT2D eigenvalue weighted by molar-refractivity contribution is 5.94. The Bertz CT molecular complexity index is 1150. The Labute approximate surface area is 192 Å². The van der Waals surface area contributed by atoms with E-state index >= 15 is 0 Å². The van der Waals surface area contributed by atoms with E-state index in [1.54, 1.807) is 42.5 Å². The fraction of sp³-hybridized carbons (Fsp3) is 0.360. The molecule has 1 spiro atoms. The van der Waals surface area contributed by atoms with Gasteiger partial charge >= 0.3 is 0 Å². The second kappa shape index (κ2) is 8.69. The monoisotopic (exact) mass is 445 g/mol. The van der Waals surface area contributed by atoms with Crippen molar-refractivity contribution >= 4 is 11.8 Å². The Morgan fingerprint density at radius 2 is 2.06 bits per heavy atom. The summed E-state index contributed by atoms with van der Waals surface area (Å²) in [4.78, 5) is 32.4. The van der Waals surface area contributed by atoms with Crippen molar-refractivity contribution in [1.29, 1.82) is 0 Å². The number of hydrogen-bond acceptors (Lipinski definition) is 5. The molecule has 0 aliphatic carbocycles. The number of methoxy groups -OCH3 is 1. The van der Waals surface area contributed by atoms with Crippen molar-refractivity contribution in [3.63, 3.8) is 0 Å². The van der Waals surface area contributed by atoms with Crippen LogP contribution >= 0.6 is 0 Å². The van der Waals surface area contributed by atoms with E-state index in [0.29, 0.717) is 30.9 Å². The summed E-state index contributed by atoms with van der Waals surface area (Å²) in [6.07, 6.45) is 8.22. The number of likely N-dealkylation sites (tertiary alicyclic amines) is 1. The Morgan fingerprint density at radius 3 is 2.82 bits per heavy atom. The normalized spacial score (nSPS) is 22.8. The number of pyridine rings is 1. The molecule has 2 aromatic heterocycles. The molecule has 8 heteroatoms. The molecule has 2 amide bonds. The van der Waals surface area contributed by atoms with E-state index in [1.165, 1.54) is 0 Å². The molecule has 4 heterocycles. The van der Waals surface area contributed by atoms with Crippen LogP contribution in [0.5, 0.6) is 5.75 Å². The summed E-state index contributed by atoms with van der Waals surface area (Å²) in [7, 11) is 1.65. The van der Waals surface area contributed by atoms with Crippen molar-refractivity contribution in [3.8, 4) is 11.6 Å². The van der Waals surface area contributed by atoms with Crippen molar-refractivity contribution in [1.82, 2.24) is 25.0 Å². The first-order chi connectivity index (χ1) is 16.1. The van der Waals surface area contributed by atoms with E-state index < -0.39 is 5.54 Å². The highest BCUT2D eigenvalue weighted by Crippen LogP contribution is 2.44. The summed E-state index contributed by atoms with van der Waals surface area (Å²) in [6.45, 7) is 0.960. The van der Waals surface area contributed by atoms with Gasteiger partial charge in [0.1, 0.15) is 5.75 Å². The zero-order valence-electron chi connectivity index (χ0n) is 18.6. The summed E-state index contributed by atoms with van der Waals surface area (Å²) >= 11 is 0. The molecule has 5 rings (SSSR count). The van der Waals surface area contributed by atoms with Crippen molar-refractivity contribution in [2.75, 3.05) is 20.2 Å². The minimum absolute atomic E-state index is 0.0481. The minimum Gasteiger partial charge on any atom is -0.496 e. The van der Waals surface area contributed by atoms with Crippen LogP contribution in [0.3, 0.4) is 0 Å². The zero-order chi connectivity index (χ0) is 22.8. The van der Waals surface area contributed by atoms with E-state index in [-0.39, 0.29) is 17.7 Å².